The van der Waals surface area contributed by atoms with E-state index in [0.717, 1.165) is 77.9 Å². The van der Waals surface area contributed by atoms with Crippen molar-refractivity contribution < 1.29 is 4.42 Å². The number of furan rings is 1. The van der Waals surface area contributed by atoms with E-state index in [9.17, 15) is 5.26 Å². The molecule has 10 rings (SSSR count). The molecule has 0 fully saturated rings. The Kier molecular flexibility index (Phi) is 6.80. The molecule has 52 heavy (non-hydrogen) atoms. The molecule has 0 aliphatic heterocycles. The zero-order valence-corrected chi connectivity index (χ0v) is 27.9. The Labute approximate surface area is 299 Å². The van der Waals surface area contributed by atoms with Crippen molar-refractivity contribution in [1.29, 1.82) is 5.26 Å². The van der Waals surface area contributed by atoms with Gasteiger partial charge in [-0.2, -0.15) is 5.26 Å². The van der Waals surface area contributed by atoms with E-state index in [1.165, 1.54) is 10.8 Å². The minimum absolute atomic E-state index is 0.586. The van der Waals surface area contributed by atoms with Crippen molar-refractivity contribution in [3.8, 4) is 56.8 Å². The van der Waals surface area contributed by atoms with Gasteiger partial charge in [-0.25, -0.2) is 9.97 Å². The summed E-state index contributed by atoms with van der Waals surface area (Å²) in [6.07, 6.45) is 0. The highest BCUT2D eigenvalue weighted by Gasteiger charge is 2.18. The van der Waals surface area contributed by atoms with E-state index in [1.807, 2.05) is 54.6 Å². The van der Waals surface area contributed by atoms with E-state index in [2.05, 4.69) is 120 Å². The maximum Gasteiger partial charge on any atom is 0.160 e. The number of hydrogen-bond acceptors (Lipinski definition) is 4. The fourth-order valence-electron chi connectivity index (χ4n) is 7.40. The summed E-state index contributed by atoms with van der Waals surface area (Å²) in [7, 11) is 0. The lowest BCUT2D eigenvalue weighted by Crippen LogP contribution is -1.98. The summed E-state index contributed by atoms with van der Waals surface area (Å²) in [4.78, 5) is 10.2. The number of benzene rings is 7. The molecule has 0 amide bonds. The number of nitrogens with zero attached hydrogens (tertiary/aromatic N) is 4. The minimum Gasteiger partial charge on any atom is -0.455 e. The summed E-state index contributed by atoms with van der Waals surface area (Å²) in [6.45, 7) is 0. The van der Waals surface area contributed by atoms with Crippen LogP contribution in [0.3, 0.4) is 0 Å². The summed E-state index contributed by atoms with van der Waals surface area (Å²) >= 11 is 0. The Morgan fingerprint density at radius 1 is 0.481 bits per heavy atom. The molecule has 10 aromatic rings. The van der Waals surface area contributed by atoms with Crippen LogP contribution in [0.5, 0.6) is 0 Å². The number of nitriles is 1. The van der Waals surface area contributed by atoms with Gasteiger partial charge in [-0.1, -0.05) is 121 Å². The number of aromatic nitrogens is 3. The second-order valence-electron chi connectivity index (χ2n) is 12.9. The summed E-state index contributed by atoms with van der Waals surface area (Å²) < 4.78 is 8.78. The highest BCUT2D eigenvalue weighted by molar-refractivity contribution is 6.13. The Bertz CT molecular complexity index is 3040. The first-order valence-electron chi connectivity index (χ1n) is 17.2. The van der Waals surface area contributed by atoms with Crippen molar-refractivity contribution in [1.82, 2.24) is 14.5 Å². The molecule has 3 aromatic heterocycles. The molecule has 3 heterocycles. The van der Waals surface area contributed by atoms with E-state index in [4.69, 9.17) is 14.4 Å². The van der Waals surface area contributed by atoms with Crippen LogP contribution in [0.15, 0.2) is 174 Å². The smallest absolute Gasteiger partial charge is 0.160 e. The third kappa shape index (κ3) is 4.86. The Hall–Kier alpha value is -7.29. The summed E-state index contributed by atoms with van der Waals surface area (Å²) in [5, 5.41) is 14.2. The first-order chi connectivity index (χ1) is 25.7. The predicted molar refractivity (Wildman–Crippen MR) is 210 cm³/mol. The van der Waals surface area contributed by atoms with Gasteiger partial charge in [-0.3, -0.25) is 0 Å². The fraction of sp³-hybridized carbons (Fsp3) is 0. The van der Waals surface area contributed by atoms with Gasteiger partial charge >= 0.3 is 0 Å². The van der Waals surface area contributed by atoms with Gasteiger partial charge in [-0.05, 0) is 54.1 Å². The lowest BCUT2D eigenvalue weighted by atomic mass is 10.0. The van der Waals surface area contributed by atoms with Crippen molar-refractivity contribution in [2.45, 2.75) is 0 Å². The third-order valence-corrected chi connectivity index (χ3v) is 9.83. The summed E-state index contributed by atoms with van der Waals surface area (Å²) in [5.74, 6) is 0.610. The number of fused-ring (bicyclic) bond motifs is 6. The van der Waals surface area contributed by atoms with Crippen molar-refractivity contribution in [3.05, 3.63) is 175 Å². The fourth-order valence-corrected chi connectivity index (χ4v) is 7.40. The van der Waals surface area contributed by atoms with Gasteiger partial charge in [-0.15, -0.1) is 0 Å². The zero-order valence-electron chi connectivity index (χ0n) is 27.9. The largest absolute Gasteiger partial charge is 0.455 e. The topological polar surface area (TPSA) is 67.6 Å². The average molecular weight is 665 g/mol. The molecule has 0 aliphatic carbocycles. The first kappa shape index (κ1) is 29.6. The van der Waals surface area contributed by atoms with Crippen LogP contribution >= 0.6 is 0 Å². The molecule has 5 heteroatoms. The van der Waals surface area contributed by atoms with Gasteiger partial charge < -0.3 is 8.98 Å². The maximum atomic E-state index is 9.61. The Morgan fingerprint density at radius 2 is 1.17 bits per heavy atom. The van der Waals surface area contributed by atoms with Crippen molar-refractivity contribution in [3.63, 3.8) is 0 Å². The third-order valence-electron chi connectivity index (χ3n) is 9.83. The van der Waals surface area contributed by atoms with Crippen LogP contribution in [-0.2, 0) is 0 Å². The molecule has 0 unspecified atom stereocenters. The second-order valence-corrected chi connectivity index (χ2v) is 12.9. The lowest BCUT2D eigenvalue weighted by Gasteiger charge is -2.12. The highest BCUT2D eigenvalue weighted by Crippen LogP contribution is 2.39. The monoisotopic (exact) mass is 664 g/mol. The molecule has 0 spiro atoms. The number of rotatable bonds is 5. The van der Waals surface area contributed by atoms with Gasteiger partial charge in [0.1, 0.15) is 11.2 Å². The quantitative estimate of drug-likeness (QED) is 0.184. The minimum atomic E-state index is 0.586. The molecule has 5 nitrogen and oxygen atoms in total. The van der Waals surface area contributed by atoms with Crippen molar-refractivity contribution in [2.24, 2.45) is 0 Å². The van der Waals surface area contributed by atoms with Crippen molar-refractivity contribution in [2.75, 3.05) is 0 Å². The zero-order chi connectivity index (χ0) is 34.6. The molecular formula is C47H28N4O. The molecule has 242 valence electrons. The summed E-state index contributed by atoms with van der Waals surface area (Å²) in [6, 6.07) is 60.2. The Morgan fingerprint density at radius 3 is 2.06 bits per heavy atom. The SMILES string of the molecule is N#Cc1cccc(-c2cc(-c3ccccc3)nc(-c3cccc(-n4c5ccccc5c5ccc(-c6cccc7c6oc6ccccc67)cc54)c3)n2)c1. The average Bonchev–Trinajstić information content (AvgIpc) is 3.77. The van der Waals surface area contributed by atoms with Crippen LogP contribution in [0, 0.1) is 11.3 Å². The van der Waals surface area contributed by atoms with Crippen LogP contribution in [0.4, 0.5) is 0 Å². The molecule has 0 saturated carbocycles. The molecule has 0 radical (unpaired) electrons. The van der Waals surface area contributed by atoms with E-state index in [0.29, 0.717) is 11.4 Å². The van der Waals surface area contributed by atoms with Crippen LogP contribution in [0.2, 0.25) is 0 Å². The van der Waals surface area contributed by atoms with E-state index >= 15 is 0 Å². The lowest BCUT2D eigenvalue weighted by molar-refractivity contribution is 0.670. The standard InChI is InChI=1S/C47H28N4O/c48-29-30-11-8-14-33(25-30)42-28-41(31-12-2-1-3-13-31)49-47(50-42)34-15-9-16-35(26-34)51-43-21-6-4-17-37(43)38-24-23-32(27-44(38)51)36-19-10-20-40-39-18-5-7-22-45(39)52-46(36)40/h1-28H. The van der Waals surface area contributed by atoms with E-state index in [1.54, 1.807) is 6.07 Å². The molecule has 7 aromatic carbocycles. The molecule has 0 N–H and O–H groups in total. The Balaban J connectivity index is 1.16. The van der Waals surface area contributed by atoms with Crippen LogP contribution in [0.25, 0.3) is 94.5 Å². The normalized spacial score (nSPS) is 11.4. The van der Waals surface area contributed by atoms with Crippen LogP contribution in [0.1, 0.15) is 5.56 Å². The van der Waals surface area contributed by atoms with E-state index in [-0.39, 0.29) is 0 Å². The maximum absolute atomic E-state index is 9.61. The van der Waals surface area contributed by atoms with Crippen LogP contribution < -0.4 is 0 Å². The number of hydrogen-bond donors (Lipinski definition) is 0. The van der Waals surface area contributed by atoms with Gasteiger partial charge in [0.2, 0.25) is 0 Å². The van der Waals surface area contributed by atoms with Gasteiger partial charge in [0.15, 0.2) is 5.82 Å². The summed E-state index contributed by atoms with van der Waals surface area (Å²) in [5.41, 5.74) is 12.0. The van der Waals surface area contributed by atoms with Crippen molar-refractivity contribution >= 4 is 43.7 Å². The highest BCUT2D eigenvalue weighted by atomic mass is 16.3. The molecule has 0 bridgehead atoms. The molecule has 0 saturated heterocycles. The predicted octanol–water partition coefficient (Wildman–Crippen LogP) is 12.0. The van der Waals surface area contributed by atoms with Gasteiger partial charge in [0.25, 0.3) is 0 Å². The second kappa shape index (κ2) is 11.9. The van der Waals surface area contributed by atoms with Crippen LogP contribution in [-0.4, -0.2) is 14.5 Å². The van der Waals surface area contributed by atoms with Gasteiger partial charge in [0, 0.05) is 49.5 Å². The molecule has 0 aliphatic rings. The molecule has 0 atom stereocenters. The molecular weight excluding hydrogens is 637 g/mol. The number of para-hydroxylation sites is 3. The first-order valence-corrected chi connectivity index (χ1v) is 17.2. The van der Waals surface area contributed by atoms with Gasteiger partial charge in [0.05, 0.1) is 34.1 Å². The van der Waals surface area contributed by atoms with E-state index < -0.39 is 0 Å².